The molecule has 2 heterocycles. The molecule has 0 aliphatic carbocycles. The second-order valence-electron chi connectivity index (χ2n) is 6.41. The van der Waals surface area contributed by atoms with E-state index in [4.69, 9.17) is 16.1 Å². The van der Waals surface area contributed by atoms with E-state index in [1.54, 1.807) is 0 Å². The minimum Gasteiger partial charge on any atom is -0.388 e. The van der Waals surface area contributed by atoms with Gasteiger partial charge in [0.15, 0.2) is 0 Å². The van der Waals surface area contributed by atoms with Crippen LogP contribution < -0.4 is 0 Å². The van der Waals surface area contributed by atoms with Gasteiger partial charge in [-0.25, -0.2) is 0 Å². The molecule has 3 rings (SSSR count). The average Bonchev–Trinajstić information content (AvgIpc) is 2.87. The number of aliphatic hydroxyl groups excluding tert-OH is 1. The summed E-state index contributed by atoms with van der Waals surface area (Å²) in [5.41, 5.74) is 3.13. The lowest BCUT2D eigenvalue weighted by atomic mass is 9.87. The molecule has 4 nitrogen and oxygen atoms in total. The summed E-state index contributed by atoms with van der Waals surface area (Å²) in [7, 11) is 0. The van der Waals surface area contributed by atoms with Crippen molar-refractivity contribution < 1.29 is 9.63 Å². The van der Waals surface area contributed by atoms with E-state index < -0.39 is 6.10 Å². The Hall–Kier alpha value is -1.36. The number of aromatic nitrogens is 1. The molecule has 1 saturated heterocycles. The maximum atomic E-state index is 10.6. The van der Waals surface area contributed by atoms with Crippen LogP contribution in [0.3, 0.4) is 0 Å². The van der Waals surface area contributed by atoms with Crippen molar-refractivity contribution in [3.8, 4) is 0 Å². The number of rotatable bonds is 4. The summed E-state index contributed by atoms with van der Waals surface area (Å²) >= 11 is 5.91. The highest BCUT2D eigenvalue weighted by atomic mass is 35.5. The Morgan fingerprint density at radius 3 is 2.48 bits per heavy atom. The Balaban J connectivity index is 1.57. The number of benzene rings is 1. The van der Waals surface area contributed by atoms with Gasteiger partial charge in [0.25, 0.3) is 0 Å². The zero-order chi connectivity index (χ0) is 16.4. The maximum Gasteiger partial charge on any atom is 0.138 e. The van der Waals surface area contributed by atoms with Gasteiger partial charge in [-0.05, 0) is 63.4 Å². The summed E-state index contributed by atoms with van der Waals surface area (Å²) < 4.78 is 5.24. The molecule has 1 aliphatic rings. The number of halogens is 1. The number of aryl methyl sites for hydroxylation is 2. The zero-order valence-electron chi connectivity index (χ0n) is 13.6. The third-order valence-corrected chi connectivity index (χ3v) is 5.11. The lowest BCUT2D eigenvalue weighted by Gasteiger charge is -2.34. The van der Waals surface area contributed by atoms with E-state index in [-0.39, 0.29) is 0 Å². The normalized spacial score (nSPS) is 18.3. The van der Waals surface area contributed by atoms with Gasteiger partial charge in [0.2, 0.25) is 0 Å². The van der Waals surface area contributed by atoms with Gasteiger partial charge in [0.1, 0.15) is 5.76 Å². The molecule has 0 radical (unpaired) electrons. The quantitative estimate of drug-likeness (QED) is 0.921. The highest BCUT2D eigenvalue weighted by Crippen LogP contribution is 2.32. The second-order valence-corrected chi connectivity index (χ2v) is 6.85. The van der Waals surface area contributed by atoms with E-state index in [1.165, 1.54) is 5.56 Å². The minimum absolute atomic E-state index is 0.303. The molecule has 5 heteroatoms. The topological polar surface area (TPSA) is 49.5 Å². The molecule has 1 aliphatic heterocycles. The Bertz CT molecular complexity index is 626. The Morgan fingerprint density at radius 1 is 1.26 bits per heavy atom. The molecule has 124 valence electrons. The molecule has 0 bridgehead atoms. The molecule has 1 aromatic carbocycles. The van der Waals surface area contributed by atoms with Gasteiger partial charge in [-0.15, -0.1) is 0 Å². The molecular formula is C18H23ClN2O2. The lowest BCUT2D eigenvalue weighted by molar-refractivity contribution is 0.0566. The molecule has 2 aromatic rings. The van der Waals surface area contributed by atoms with E-state index in [0.717, 1.165) is 49.5 Å². The van der Waals surface area contributed by atoms with Gasteiger partial charge in [-0.1, -0.05) is 28.9 Å². The first-order valence-electron chi connectivity index (χ1n) is 8.12. The fraction of sp³-hybridized carbons (Fsp3) is 0.500. The summed E-state index contributed by atoms with van der Waals surface area (Å²) in [6.07, 6.45) is 1.58. The summed E-state index contributed by atoms with van der Waals surface area (Å²) in [4.78, 5) is 2.41. The fourth-order valence-electron chi connectivity index (χ4n) is 3.31. The van der Waals surface area contributed by atoms with Gasteiger partial charge >= 0.3 is 0 Å². The van der Waals surface area contributed by atoms with Gasteiger partial charge in [-0.3, -0.25) is 4.90 Å². The van der Waals surface area contributed by atoms with Crippen molar-refractivity contribution in [2.24, 2.45) is 5.92 Å². The molecule has 1 N–H and O–H groups in total. The van der Waals surface area contributed by atoms with Gasteiger partial charge in [-0.2, -0.15) is 0 Å². The van der Waals surface area contributed by atoms with Crippen molar-refractivity contribution in [2.45, 2.75) is 39.3 Å². The van der Waals surface area contributed by atoms with Crippen LogP contribution >= 0.6 is 11.6 Å². The minimum atomic E-state index is -0.409. The number of hydrogen-bond donors (Lipinski definition) is 1. The van der Waals surface area contributed by atoms with E-state index in [9.17, 15) is 5.11 Å². The number of aliphatic hydroxyl groups is 1. The maximum absolute atomic E-state index is 10.6. The number of hydrogen-bond acceptors (Lipinski definition) is 4. The van der Waals surface area contributed by atoms with Crippen LogP contribution in [0.1, 0.15) is 41.5 Å². The van der Waals surface area contributed by atoms with Crippen molar-refractivity contribution in [2.75, 3.05) is 13.1 Å². The van der Waals surface area contributed by atoms with Crippen LogP contribution in [0.5, 0.6) is 0 Å². The van der Waals surface area contributed by atoms with E-state index in [2.05, 4.69) is 10.1 Å². The van der Waals surface area contributed by atoms with E-state index >= 15 is 0 Å². The Labute approximate surface area is 142 Å². The van der Waals surface area contributed by atoms with Crippen LogP contribution in [0.15, 0.2) is 28.8 Å². The van der Waals surface area contributed by atoms with Crippen LogP contribution in [0.25, 0.3) is 0 Å². The predicted molar refractivity (Wildman–Crippen MR) is 90.4 cm³/mol. The Kier molecular flexibility index (Phi) is 5.05. The molecule has 1 fully saturated rings. The molecule has 0 spiro atoms. The van der Waals surface area contributed by atoms with Crippen molar-refractivity contribution in [3.63, 3.8) is 0 Å². The van der Waals surface area contributed by atoms with Crippen molar-refractivity contribution >= 4 is 11.6 Å². The molecule has 0 saturated carbocycles. The monoisotopic (exact) mass is 334 g/mol. The van der Waals surface area contributed by atoms with Crippen LogP contribution in [0.2, 0.25) is 5.02 Å². The smallest absolute Gasteiger partial charge is 0.138 e. The molecule has 0 unspecified atom stereocenters. The SMILES string of the molecule is Cc1noc(C)c1CN1CCC([C@H](O)c2ccc(Cl)cc2)CC1. The van der Waals surface area contributed by atoms with Crippen LogP contribution in [0, 0.1) is 19.8 Å². The van der Waals surface area contributed by atoms with Crippen LogP contribution in [0.4, 0.5) is 0 Å². The van der Waals surface area contributed by atoms with E-state index in [0.29, 0.717) is 10.9 Å². The van der Waals surface area contributed by atoms with Crippen molar-refractivity contribution in [1.82, 2.24) is 10.1 Å². The molecule has 1 aromatic heterocycles. The van der Waals surface area contributed by atoms with Crippen LogP contribution in [-0.4, -0.2) is 28.3 Å². The first kappa shape index (κ1) is 16.5. The number of piperidine rings is 1. The van der Waals surface area contributed by atoms with Crippen molar-refractivity contribution in [1.29, 1.82) is 0 Å². The van der Waals surface area contributed by atoms with E-state index in [1.807, 2.05) is 38.1 Å². The lowest BCUT2D eigenvalue weighted by Crippen LogP contribution is -2.35. The molecule has 23 heavy (non-hydrogen) atoms. The third kappa shape index (κ3) is 3.77. The standard InChI is InChI=1S/C18H23ClN2O2/c1-12-17(13(2)23-20-12)11-21-9-7-15(8-10-21)18(22)14-3-5-16(19)6-4-14/h3-6,15,18,22H,7-11H2,1-2H3/t18-/m1/s1. The summed E-state index contributed by atoms with van der Waals surface area (Å²) in [6.45, 7) is 6.80. The molecule has 1 atom stereocenters. The Morgan fingerprint density at radius 2 is 1.91 bits per heavy atom. The van der Waals surface area contributed by atoms with Gasteiger partial charge in [0.05, 0.1) is 11.8 Å². The number of nitrogens with zero attached hydrogens (tertiary/aromatic N) is 2. The predicted octanol–water partition coefficient (Wildman–Crippen LogP) is 3.89. The summed E-state index contributed by atoms with van der Waals surface area (Å²) in [6, 6.07) is 7.52. The summed E-state index contributed by atoms with van der Waals surface area (Å²) in [5, 5.41) is 15.3. The fourth-order valence-corrected chi connectivity index (χ4v) is 3.44. The number of likely N-dealkylation sites (tertiary alicyclic amines) is 1. The zero-order valence-corrected chi connectivity index (χ0v) is 14.4. The van der Waals surface area contributed by atoms with Crippen molar-refractivity contribution in [3.05, 3.63) is 51.9 Å². The first-order valence-corrected chi connectivity index (χ1v) is 8.50. The second kappa shape index (κ2) is 7.04. The summed E-state index contributed by atoms with van der Waals surface area (Å²) in [5.74, 6) is 1.21. The first-order chi connectivity index (χ1) is 11.0. The highest BCUT2D eigenvalue weighted by Gasteiger charge is 2.27. The molecular weight excluding hydrogens is 312 g/mol. The highest BCUT2D eigenvalue weighted by molar-refractivity contribution is 6.30. The average molecular weight is 335 g/mol. The van der Waals surface area contributed by atoms with Crippen LogP contribution in [-0.2, 0) is 6.54 Å². The molecule has 0 amide bonds. The third-order valence-electron chi connectivity index (χ3n) is 4.85. The van der Waals surface area contributed by atoms with Gasteiger partial charge in [0, 0.05) is 17.1 Å². The van der Waals surface area contributed by atoms with Gasteiger partial charge < -0.3 is 9.63 Å². The largest absolute Gasteiger partial charge is 0.388 e.